The van der Waals surface area contributed by atoms with Crippen molar-refractivity contribution in [2.24, 2.45) is 0 Å². The molecule has 0 amide bonds. The van der Waals surface area contributed by atoms with Crippen LogP contribution in [0.25, 0.3) is 10.9 Å². The predicted octanol–water partition coefficient (Wildman–Crippen LogP) is 2.93. The summed E-state index contributed by atoms with van der Waals surface area (Å²) in [6, 6.07) is 16.9. The molecular weight excluding hydrogens is 356 g/mol. The first-order chi connectivity index (χ1) is 13.6. The van der Waals surface area contributed by atoms with E-state index in [-0.39, 0.29) is 18.4 Å². The van der Waals surface area contributed by atoms with Gasteiger partial charge in [-0.3, -0.25) is 4.79 Å². The normalized spacial score (nSPS) is 11.9. The van der Waals surface area contributed by atoms with Crippen LogP contribution in [0.4, 0.5) is 0 Å². The third kappa shape index (κ3) is 4.40. The predicted molar refractivity (Wildman–Crippen MR) is 107 cm³/mol. The van der Waals surface area contributed by atoms with Gasteiger partial charge in [0.2, 0.25) is 0 Å². The summed E-state index contributed by atoms with van der Waals surface area (Å²) in [6.07, 6.45) is 0.830. The number of para-hydroxylation sites is 1. The summed E-state index contributed by atoms with van der Waals surface area (Å²) in [7, 11) is 2.76. The number of methoxy groups -OCH3 is 2. The molecule has 0 unspecified atom stereocenters. The van der Waals surface area contributed by atoms with E-state index >= 15 is 0 Å². The highest BCUT2D eigenvalue weighted by atomic mass is 16.5. The number of aromatic nitrogens is 1. The van der Waals surface area contributed by atoms with Crippen molar-refractivity contribution in [2.45, 2.75) is 18.9 Å². The molecule has 1 aromatic heterocycles. The van der Waals surface area contributed by atoms with Crippen LogP contribution >= 0.6 is 0 Å². The van der Waals surface area contributed by atoms with Crippen molar-refractivity contribution in [3.8, 4) is 0 Å². The second-order valence-corrected chi connectivity index (χ2v) is 6.45. The average Bonchev–Trinajstić information content (AvgIpc) is 3.08. The first kappa shape index (κ1) is 19.6. The molecule has 146 valence electrons. The smallest absolute Gasteiger partial charge is 0.327 e. The zero-order valence-corrected chi connectivity index (χ0v) is 16.0. The van der Waals surface area contributed by atoms with Crippen LogP contribution in [0, 0.1) is 0 Å². The van der Waals surface area contributed by atoms with Gasteiger partial charge in [-0.2, -0.15) is 0 Å². The Morgan fingerprint density at radius 2 is 1.71 bits per heavy atom. The van der Waals surface area contributed by atoms with Gasteiger partial charge < -0.3 is 19.8 Å². The number of hydrogen-bond acceptors (Lipinski definition) is 5. The van der Waals surface area contributed by atoms with E-state index in [1.54, 1.807) is 0 Å². The molecule has 6 heteroatoms. The molecule has 6 nitrogen and oxygen atoms in total. The highest BCUT2D eigenvalue weighted by Gasteiger charge is 2.21. The number of fused-ring (bicyclic) bond motifs is 1. The second-order valence-electron chi connectivity index (χ2n) is 6.45. The summed E-state index contributed by atoms with van der Waals surface area (Å²) in [5.41, 5.74) is 3.71. The summed E-state index contributed by atoms with van der Waals surface area (Å²) < 4.78 is 9.76. The molecule has 0 aliphatic carbocycles. The van der Waals surface area contributed by atoms with Crippen molar-refractivity contribution in [3.63, 3.8) is 0 Å². The Hall–Kier alpha value is -3.12. The largest absolute Gasteiger partial charge is 0.469 e. The number of nitrogens with one attached hydrogen (secondary N) is 2. The number of benzene rings is 2. The number of esters is 2. The maximum atomic E-state index is 12.2. The van der Waals surface area contributed by atoms with E-state index in [0.717, 1.165) is 27.7 Å². The first-order valence-corrected chi connectivity index (χ1v) is 9.15. The molecule has 2 N–H and O–H groups in total. The van der Waals surface area contributed by atoms with E-state index in [1.807, 2.05) is 54.6 Å². The Kier molecular flexibility index (Phi) is 6.45. The van der Waals surface area contributed by atoms with Crippen LogP contribution in [0.2, 0.25) is 0 Å². The van der Waals surface area contributed by atoms with Gasteiger partial charge in [0.25, 0.3) is 0 Å². The summed E-state index contributed by atoms with van der Waals surface area (Å²) >= 11 is 0. The molecule has 1 heterocycles. The topological polar surface area (TPSA) is 80.4 Å². The fourth-order valence-corrected chi connectivity index (χ4v) is 3.35. The molecule has 3 aromatic rings. The van der Waals surface area contributed by atoms with Crippen LogP contribution < -0.4 is 5.32 Å². The second kappa shape index (κ2) is 9.19. The minimum atomic E-state index is -0.541. The minimum Gasteiger partial charge on any atom is -0.469 e. The molecule has 0 saturated carbocycles. The van der Waals surface area contributed by atoms with Crippen LogP contribution in [0.15, 0.2) is 54.6 Å². The Balaban J connectivity index is 1.79. The van der Waals surface area contributed by atoms with Crippen LogP contribution in [0.1, 0.15) is 22.9 Å². The van der Waals surface area contributed by atoms with Crippen molar-refractivity contribution in [1.82, 2.24) is 10.3 Å². The zero-order chi connectivity index (χ0) is 19.9. The van der Waals surface area contributed by atoms with Crippen molar-refractivity contribution in [3.05, 3.63) is 71.4 Å². The van der Waals surface area contributed by atoms with Gasteiger partial charge in [0, 0.05) is 23.1 Å². The molecule has 2 aromatic carbocycles. The van der Waals surface area contributed by atoms with Gasteiger partial charge in [0.05, 0.1) is 20.6 Å². The van der Waals surface area contributed by atoms with Crippen LogP contribution in [-0.4, -0.2) is 37.7 Å². The van der Waals surface area contributed by atoms with Crippen LogP contribution in [-0.2, 0) is 31.9 Å². The summed E-state index contributed by atoms with van der Waals surface area (Å²) in [4.78, 5) is 27.3. The number of rotatable bonds is 8. The van der Waals surface area contributed by atoms with E-state index < -0.39 is 6.04 Å². The molecule has 0 fully saturated rings. The van der Waals surface area contributed by atoms with Crippen molar-refractivity contribution in [1.29, 1.82) is 0 Å². The minimum absolute atomic E-state index is 0.180. The Morgan fingerprint density at radius 3 is 2.43 bits per heavy atom. The first-order valence-electron chi connectivity index (χ1n) is 9.15. The molecule has 0 saturated heterocycles. The third-order valence-corrected chi connectivity index (χ3v) is 4.74. The number of ether oxygens (including phenoxy) is 2. The van der Waals surface area contributed by atoms with E-state index in [9.17, 15) is 9.59 Å². The quantitative estimate of drug-likeness (QED) is 0.588. The lowest BCUT2D eigenvalue weighted by Gasteiger charge is -2.17. The maximum Gasteiger partial charge on any atom is 0.327 e. The van der Waals surface area contributed by atoms with Crippen LogP contribution in [0.3, 0.4) is 0 Å². The number of carbonyl (C=O) groups excluding carboxylic acids is 2. The lowest BCUT2D eigenvalue weighted by atomic mass is 10.0. The van der Waals surface area contributed by atoms with Crippen LogP contribution in [0.5, 0.6) is 0 Å². The highest BCUT2D eigenvalue weighted by molar-refractivity contribution is 5.86. The summed E-state index contributed by atoms with van der Waals surface area (Å²) in [5, 5.41) is 4.35. The Morgan fingerprint density at radius 1 is 1.00 bits per heavy atom. The lowest BCUT2D eigenvalue weighted by molar-refractivity contribution is -0.143. The molecule has 3 rings (SSSR count). The van der Waals surface area contributed by atoms with Gasteiger partial charge in [0.15, 0.2) is 0 Å². The number of hydrogen-bond donors (Lipinski definition) is 2. The fraction of sp³-hybridized carbons (Fsp3) is 0.273. The van der Waals surface area contributed by atoms with Gasteiger partial charge in [0.1, 0.15) is 6.04 Å². The molecule has 0 aliphatic rings. The zero-order valence-electron chi connectivity index (χ0n) is 16.0. The SMILES string of the molecule is COC(=O)Cc1[nH]c2ccccc2c1CCN[C@H](C(=O)OC)c1ccccc1. The van der Waals surface area contributed by atoms with Crippen molar-refractivity contribution >= 4 is 22.8 Å². The Bertz CT molecular complexity index is 950. The van der Waals surface area contributed by atoms with Crippen molar-refractivity contribution in [2.75, 3.05) is 20.8 Å². The summed E-state index contributed by atoms with van der Waals surface area (Å²) in [6.45, 7) is 0.546. The highest BCUT2D eigenvalue weighted by Crippen LogP contribution is 2.24. The van der Waals surface area contributed by atoms with E-state index in [1.165, 1.54) is 14.2 Å². The van der Waals surface area contributed by atoms with E-state index in [2.05, 4.69) is 10.3 Å². The van der Waals surface area contributed by atoms with Gasteiger partial charge in [-0.25, -0.2) is 4.79 Å². The molecule has 0 aliphatic heterocycles. The van der Waals surface area contributed by atoms with E-state index in [0.29, 0.717) is 13.0 Å². The third-order valence-electron chi connectivity index (χ3n) is 4.74. The Labute approximate surface area is 163 Å². The van der Waals surface area contributed by atoms with Gasteiger partial charge in [-0.05, 0) is 23.6 Å². The number of carbonyl (C=O) groups is 2. The number of aromatic amines is 1. The molecule has 0 bridgehead atoms. The van der Waals surface area contributed by atoms with E-state index in [4.69, 9.17) is 9.47 Å². The molecule has 0 spiro atoms. The molecular formula is C22H24N2O4. The fourth-order valence-electron chi connectivity index (χ4n) is 3.35. The lowest BCUT2D eigenvalue weighted by Crippen LogP contribution is -2.31. The standard InChI is InChI=1S/C22H24N2O4/c1-27-20(25)14-19-17(16-10-6-7-11-18(16)24-19)12-13-23-21(22(26)28-2)15-8-4-3-5-9-15/h3-11,21,23-24H,12-14H2,1-2H3/t21-/m0/s1. The van der Waals surface area contributed by atoms with Gasteiger partial charge >= 0.3 is 11.9 Å². The molecule has 28 heavy (non-hydrogen) atoms. The van der Waals surface area contributed by atoms with Gasteiger partial charge in [-0.15, -0.1) is 0 Å². The maximum absolute atomic E-state index is 12.2. The van der Waals surface area contributed by atoms with Crippen molar-refractivity contribution < 1.29 is 19.1 Å². The average molecular weight is 380 g/mol. The monoisotopic (exact) mass is 380 g/mol. The molecule has 0 radical (unpaired) electrons. The number of H-pyrrole nitrogens is 1. The molecule has 1 atom stereocenters. The van der Waals surface area contributed by atoms with Gasteiger partial charge in [-0.1, -0.05) is 48.5 Å². The summed E-state index contributed by atoms with van der Waals surface area (Å²) in [5.74, 6) is -0.627.